The number of ether oxygens (including phenoxy) is 2. The van der Waals surface area contributed by atoms with Crippen LogP contribution in [0.4, 0.5) is 19.5 Å². The van der Waals surface area contributed by atoms with Crippen molar-refractivity contribution in [2.75, 3.05) is 31.1 Å². The predicted molar refractivity (Wildman–Crippen MR) is 133 cm³/mol. The number of hydrogen-bond acceptors (Lipinski definition) is 7. The van der Waals surface area contributed by atoms with Crippen molar-refractivity contribution in [3.8, 4) is 5.75 Å². The van der Waals surface area contributed by atoms with Gasteiger partial charge < -0.3 is 19.3 Å². The van der Waals surface area contributed by atoms with Crippen LogP contribution in [0.25, 0.3) is 0 Å². The van der Waals surface area contributed by atoms with Crippen LogP contribution in [0.2, 0.25) is 0 Å². The average Bonchev–Trinajstić information content (AvgIpc) is 3.30. The summed E-state index contributed by atoms with van der Waals surface area (Å²) in [5, 5.41) is 0. The molecular formula is C25H34ClF2N5O3. The molecule has 0 radical (unpaired) electrons. The molecule has 3 aliphatic rings. The quantitative estimate of drug-likeness (QED) is 0.522. The summed E-state index contributed by atoms with van der Waals surface area (Å²) in [6.07, 6.45) is 5.95. The highest BCUT2D eigenvalue weighted by Gasteiger charge is 2.38. The molecule has 198 valence electrons. The van der Waals surface area contributed by atoms with E-state index in [0.717, 1.165) is 12.8 Å². The van der Waals surface area contributed by atoms with Crippen molar-refractivity contribution in [3.05, 3.63) is 35.9 Å². The average molecular weight is 526 g/mol. The molecular weight excluding hydrogens is 492 g/mol. The summed E-state index contributed by atoms with van der Waals surface area (Å²) >= 11 is 5.93. The summed E-state index contributed by atoms with van der Waals surface area (Å²) in [6.45, 7) is 7.86. The highest BCUT2D eigenvalue weighted by Crippen LogP contribution is 2.35. The van der Waals surface area contributed by atoms with Crippen molar-refractivity contribution in [2.24, 2.45) is 11.8 Å². The van der Waals surface area contributed by atoms with Gasteiger partial charge in [0.05, 0.1) is 24.6 Å². The van der Waals surface area contributed by atoms with Crippen LogP contribution in [0.15, 0.2) is 35.9 Å². The molecule has 0 aromatic carbocycles. The Morgan fingerprint density at radius 1 is 1.19 bits per heavy atom. The van der Waals surface area contributed by atoms with E-state index in [1.165, 1.54) is 12.2 Å². The van der Waals surface area contributed by atoms with E-state index in [1.807, 2.05) is 25.7 Å². The van der Waals surface area contributed by atoms with Crippen LogP contribution in [0.5, 0.6) is 5.75 Å². The number of rotatable bonds is 7. The van der Waals surface area contributed by atoms with Crippen LogP contribution < -0.4 is 14.5 Å². The van der Waals surface area contributed by atoms with E-state index in [1.54, 1.807) is 17.3 Å². The van der Waals surface area contributed by atoms with E-state index in [9.17, 15) is 13.6 Å². The molecule has 0 saturated carbocycles. The SMILES string of the molecule is CC(C)OC(=O)N1CCC([C@H](C)Oc2cnc(N3C[C@H](NCl)[C@@H](C4=CC(F)CC=C4F)C3)nc2)CC1. The lowest BCUT2D eigenvalue weighted by Gasteiger charge is -2.34. The maximum absolute atomic E-state index is 14.4. The number of nitrogens with zero attached hydrogens (tertiary/aromatic N) is 4. The summed E-state index contributed by atoms with van der Waals surface area (Å²) in [6, 6.07) is -0.273. The van der Waals surface area contributed by atoms with Crippen molar-refractivity contribution in [2.45, 2.75) is 64.5 Å². The highest BCUT2D eigenvalue weighted by molar-refractivity contribution is 6.13. The van der Waals surface area contributed by atoms with Crippen molar-refractivity contribution in [3.63, 3.8) is 0 Å². The fraction of sp³-hybridized carbons (Fsp3) is 0.640. The van der Waals surface area contributed by atoms with Gasteiger partial charge in [-0.15, -0.1) is 0 Å². The number of carbonyl (C=O) groups is 1. The van der Waals surface area contributed by atoms with Gasteiger partial charge in [0.15, 0.2) is 5.75 Å². The molecule has 1 aromatic rings. The maximum Gasteiger partial charge on any atom is 0.410 e. The topological polar surface area (TPSA) is 79.8 Å². The number of carbonyl (C=O) groups excluding carboxylic acids is 1. The molecule has 2 saturated heterocycles. The third-order valence-corrected chi connectivity index (χ3v) is 7.32. The second kappa shape index (κ2) is 11.7. The van der Waals surface area contributed by atoms with Crippen LogP contribution in [0.1, 0.15) is 40.0 Å². The van der Waals surface area contributed by atoms with Gasteiger partial charge in [-0.05, 0) is 69.0 Å². The number of piperidine rings is 1. The lowest BCUT2D eigenvalue weighted by atomic mass is 9.89. The van der Waals surface area contributed by atoms with Gasteiger partial charge in [-0.3, -0.25) is 0 Å². The molecule has 3 heterocycles. The van der Waals surface area contributed by atoms with Gasteiger partial charge in [0.1, 0.15) is 12.0 Å². The van der Waals surface area contributed by atoms with Crippen LogP contribution in [-0.4, -0.2) is 71.6 Å². The van der Waals surface area contributed by atoms with Crippen molar-refractivity contribution in [1.82, 2.24) is 19.7 Å². The van der Waals surface area contributed by atoms with Gasteiger partial charge in [-0.2, -0.15) is 0 Å². The maximum atomic E-state index is 14.4. The summed E-state index contributed by atoms with van der Waals surface area (Å²) in [5.41, 5.74) is 0.340. The van der Waals surface area contributed by atoms with Gasteiger partial charge >= 0.3 is 6.09 Å². The molecule has 1 aliphatic carbocycles. The number of aromatic nitrogens is 2. The largest absolute Gasteiger partial charge is 0.487 e. The Kier molecular flexibility index (Phi) is 8.66. The lowest BCUT2D eigenvalue weighted by Crippen LogP contribution is -2.42. The first kappa shape index (κ1) is 26.6. The molecule has 0 spiro atoms. The number of amides is 1. The zero-order valence-electron chi connectivity index (χ0n) is 20.9. The first-order valence-corrected chi connectivity index (χ1v) is 12.9. The second-order valence-corrected chi connectivity index (χ2v) is 10.2. The molecule has 4 atom stereocenters. The van der Waals surface area contributed by atoms with Crippen LogP contribution in [0, 0.1) is 11.8 Å². The number of anilines is 1. The number of hydrogen-bond donors (Lipinski definition) is 1. The zero-order valence-corrected chi connectivity index (χ0v) is 21.6. The van der Waals surface area contributed by atoms with E-state index < -0.39 is 12.0 Å². The smallest absolute Gasteiger partial charge is 0.410 e. The fourth-order valence-electron chi connectivity index (χ4n) is 5.04. The fourth-order valence-corrected chi connectivity index (χ4v) is 5.26. The summed E-state index contributed by atoms with van der Waals surface area (Å²) in [5.74, 6) is 0.618. The van der Waals surface area contributed by atoms with Crippen LogP contribution >= 0.6 is 11.8 Å². The van der Waals surface area contributed by atoms with Crippen LogP contribution in [-0.2, 0) is 4.74 Å². The Labute approximate surface area is 215 Å². The third-order valence-electron chi connectivity index (χ3n) is 7.04. The Morgan fingerprint density at radius 2 is 1.89 bits per heavy atom. The van der Waals surface area contributed by atoms with Crippen molar-refractivity contribution >= 4 is 23.8 Å². The van der Waals surface area contributed by atoms with Gasteiger partial charge in [0, 0.05) is 44.6 Å². The highest BCUT2D eigenvalue weighted by atomic mass is 35.5. The Hall–Kier alpha value is -2.46. The molecule has 1 unspecified atom stereocenters. The Bertz CT molecular complexity index is 969. The van der Waals surface area contributed by atoms with Crippen LogP contribution in [0.3, 0.4) is 0 Å². The van der Waals surface area contributed by atoms with E-state index in [-0.39, 0.29) is 36.7 Å². The minimum atomic E-state index is -1.19. The molecule has 36 heavy (non-hydrogen) atoms. The lowest BCUT2D eigenvalue weighted by molar-refractivity contribution is 0.0494. The standard InChI is InChI=1S/C25H34ClF2N5O3/c1-15(2)35-25(34)32-8-6-17(7-9-32)16(3)36-19-11-29-24(30-12-19)33-13-21(23(14-33)31-26)20-10-18(27)4-5-22(20)28/h5,10-12,15-18,21,23,31H,4,6-9,13-14H2,1-3H3/t16-,18?,21+,23-/m0/s1. The molecule has 1 aromatic heterocycles. The molecule has 2 fully saturated rings. The number of halogens is 3. The molecule has 0 bridgehead atoms. The number of nitrogens with one attached hydrogen (secondary N) is 1. The molecule has 1 N–H and O–H groups in total. The van der Waals surface area contributed by atoms with Crippen molar-refractivity contribution in [1.29, 1.82) is 0 Å². The van der Waals surface area contributed by atoms with E-state index in [0.29, 0.717) is 49.4 Å². The third kappa shape index (κ3) is 6.26. The monoisotopic (exact) mass is 525 g/mol. The number of allylic oxidation sites excluding steroid dienone is 3. The van der Waals surface area contributed by atoms with E-state index >= 15 is 0 Å². The molecule has 11 heteroatoms. The first-order valence-electron chi connectivity index (χ1n) is 12.5. The van der Waals surface area contributed by atoms with E-state index in [4.69, 9.17) is 21.3 Å². The van der Waals surface area contributed by atoms with Gasteiger partial charge in [0.2, 0.25) is 5.95 Å². The Balaban J connectivity index is 1.31. The zero-order chi connectivity index (χ0) is 25.8. The molecule has 1 amide bonds. The molecule has 8 nitrogen and oxygen atoms in total. The van der Waals surface area contributed by atoms with Gasteiger partial charge in [-0.1, -0.05) is 0 Å². The summed E-state index contributed by atoms with van der Waals surface area (Å²) in [4.78, 5) is 27.3. The minimum Gasteiger partial charge on any atom is -0.487 e. The first-order chi connectivity index (χ1) is 17.2. The second-order valence-electron chi connectivity index (χ2n) is 9.95. The number of likely N-dealkylation sites (tertiary alicyclic amines) is 1. The van der Waals surface area contributed by atoms with E-state index in [2.05, 4.69) is 14.8 Å². The normalized spacial score (nSPS) is 26.0. The number of alkyl halides is 1. The van der Waals surface area contributed by atoms with Gasteiger partial charge in [0.25, 0.3) is 0 Å². The molecule has 4 rings (SSSR count). The predicted octanol–water partition coefficient (Wildman–Crippen LogP) is 4.57. The summed E-state index contributed by atoms with van der Waals surface area (Å²) in [7, 11) is 0. The minimum absolute atomic E-state index is 0.0531. The summed E-state index contributed by atoms with van der Waals surface area (Å²) < 4.78 is 39.7. The molecule has 2 aliphatic heterocycles. The Morgan fingerprint density at radius 3 is 2.53 bits per heavy atom. The van der Waals surface area contributed by atoms with Gasteiger partial charge in [-0.25, -0.2) is 28.4 Å². The van der Waals surface area contributed by atoms with Crippen molar-refractivity contribution < 1.29 is 23.0 Å².